The van der Waals surface area contributed by atoms with Gasteiger partial charge in [-0.25, -0.2) is 12.8 Å². The first kappa shape index (κ1) is 14.7. The predicted octanol–water partition coefficient (Wildman–Crippen LogP) is 2.64. The minimum atomic E-state index is -3.88. The Labute approximate surface area is 117 Å². The fourth-order valence-electron chi connectivity index (χ4n) is 1.97. The molecule has 0 heterocycles. The van der Waals surface area contributed by atoms with Gasteiger partial charge in [0.2, 0.25) is 0 Å². The number of hydrogen-bond acceptors (Lipinski definition) is 3. The SMILES string of the molecule is Cc1cccc(C(O)CS(=O)(=O)c2ccccc2F)c1. The van der Waals surface area contributed by atoms with Gasteiger partial charge in [0.25, 0.3) is 0 Å². The summed E-state index contributed by atoms with van der Waals surface area (Å²) >= 11 is 0. The van der Waals surface area contributed by atoms with Crippen molar-refractivity contribution in [3.63, 3.8) is 0 Å². The molecule has 0 bridgehead atoms. The van der Waals surface area contributed by atoms with Crippen LogP contribution in [0.25, 0.3) is 0 Å². The van der Waals surface area contributed by atoms with E-state index >= 15 is 0 Å². The van der Waals surface area contributed by atoms with Crippen LogP contribution in [-0.2, 0) is 9.84 Å². The second-order valence-corrected chi connectivity index (χ2v) is 6.64. The van der Waals surface area contributed by atoms with Crippen molar-refractivity contribution in [2.45, 2.75) is 17.9 Å². The van der Waals surface area contributed by atoms with Crippen molar-refractivity contribution in [3.05, 3.63) is 65.5 Å². The summed E-state index contributed by atoms with van der Waals surface area (Å²) in [6.45, 7) is 1.85. The number of aliphatic hydroxyl groups is 1. The Morgan fingerprint density at radius 3 is 2.50 bits per heavy atom. The van der Waals surface area contributed by atoms with E-state index in [0.29, 0.717) is 5.56 Å². The first-order valence-electron chi connectivity index (χ1n) is 6.12. The average Bonchev–Trinajstić information content (AvgIpc) is 2.38. The van der Waals surface area contributed by atoms with Crippen LogP contribution in [0.15, 0.2) is 53.4 Å². The van der Waals surface area contributed by atoms with Gasteiger partial charge in [-0.15, -0.1) is 0 Å². The molecular formula is C15H15FO3S. The van der Waals surface area contributed by atoms with Gasteiger partial charge in [0.1, 0.15) is 10.7 Å². The first-order chi connectivity index (χ1) is 9.40. The van der Waals surface area contributed by atoms with Gasteiger partial charge in [-0.3, -0.25) is 0 Å². The summed E-state index contributed by atoms with van der Waals surface area (Å²) in [5, 5.41) is 10.0. The number of benzene rings is 2. The molecule has 0 spiro atoms. The molecule has 1 atom stereocenters. The van der Waals surface area contributed by atoms with Crippen LogP contribution in [0, 0.1) is 12.7 Å². The first-order valence-corrected chi connectivity index (χ1v) is 7.77. The van der Waals surface area contributed by atoms with E-state index in [1.165, 1.54) is 18.2 Å². The molecule has 1 unspecified atom stereocenters. The lowest BCUT2D eigenvalue weighted by Gasteiger charge is -2.12. The molecule has 0 aliphatic heterocycles. The predicted molar refractivity (Wildman–Crippen MR) is 74.6 cm³/mol. The zero-order valence-electron chi connectivity index (χ0n) is 11.0. The van der Waals surface area contributed by atoms with Crippen molar-refractivity contribution in [2.75, 3.05) is 5.75 Å². The van der Waals surface area contributed by atoms with E-state index in [1.807, 2.05) is 13.0 Å². The summed E-state index contributed by atoms with van der Waals surface area (Å²) in [6.07, 6.45) is -1.18. The molecule has 2 rings (SSSR count). The highest BCUT2D eigenvalue weighted by Gasteiger charge is 2.23. The molecule has 0 aliphatic rings. The molecule has 0 saturated heterocycles. The summed E-state index contributed by atoms with van der Waals surface area (Å²) in [4.78, 5) is -0.383. The molecule has 0 aliphatic carbocycles. The Hall–Kier alpha value is -1.72. The molecule has 0 aromatic heterocycles. The lowest BCUT2D eigenvalue weighted by Crippen LogP contribution is -2.16. The van der Waals surface area contributed by atoms with Crippen LogP contribution < -0.4 is 0 Å². The minimum Gasteiger partial charge on any atom is -0.387 e. The Morgan fingerprint density at radius 1 is 1.15 bits per heavy atom. The van der Waals surface area contributed by atoms with Gasteiger partial charge >= 0.3 is 0 Å². The maximum atomic E-state index is 13.5. The van der Waals surface area contributed by atoms with Crippen molar-refractivity contribution in [1.82, 2.24) is 0 Å². The lowest BCUT2D eigenvalue weighted by atomic mass is 10.1. The van der Waals surface area contributed by atoms with E-state index < -0.39 is 27.5 Å². The minimum absolute atomic E-state index is 0.383. The maximum absolute atomic E-state index is 13.5. The highest BCUT2D eigenvalue weighted by atomic mass is 32.2. The number of aliphatic hydroxyl groups excluding tert-OH is 1. The van der Waals surface area contributed by atoms with Gasteiger partial charge in [-0.1, -0.05) is 42.0 Å². The number of aryl methyl sites for hydroxylation is 1. The molecule has 2 aromatic carbocycles. The molecule has 106 valence electrons. The van der Waals surface area contributed by atoms with Crippen molar-refractivity contribution in [3.8, 4) is 0 Å². The van der Waals surface area contributed by atoms with Gasteiger partial charge in [0.15, 0.2) is 9.84 Å². The van der Waals surface area contributed by atoms with E-state index in [2.05, 4.69) is 0 Å². The van der Waals surface area contributed by atoms with Crippen molar-refractivity contribution < 1.29 is 17.9 Å². The number of rotatable bonds is 4. The molecule has 0 fully saturated rings. The number of hydrogen-bond donors (Lipinski definition) is 1. The van der Waals surface area contributed by atoms with Gasteiger partial charge < -0.3 is 5.11 Å². The van der Waals surface area contributed by atoms with Crippen LogP contribution in [0.1, 0.15) is 17.2 Å². The second-order valence-electron chi connectivity index (χ2n) is 4.64. The van der Waals surface area contributed by atoms with Crippen molar-refractivity contribution >= 4 is 9.84 Å². The standard InChI is InChI=1S/C15H15FO3S/c1-11-5-4-6-12(9-11)14(17)10-20(18,19)15-8-3-2-7-13(15)16/h2-9,14,17H,10H2,1H3. The molecule has 1 N–H and O–H groups in total. The number of halogens is 1. The molecule has 0 amide bonds. The zero-order valence-corrected chi connectivity index (χ0v) is 11.8. The largest absolute Gasteiger partial charge is 0.387 e. The molecule has 20 heavy (non-hydrogen) atoms. The molecule has 0 radical (unpaired) electrons. The summed E-state index contributed by atoms with van der Waals surface area (Å²) in [5.74, 6) is -1.35. The van der Waals surface area contributed by atoms with Crippen LogP contribution in [0.3, 0.4) is 0 Å². The molecule has 2 aromatic rings. The van der Waals surface area contributed by atoms with Crippen LogP contribution in [0.5, 0.6) is 0 Å². The number of sulfone groups is 1. The van der Waals surface area contributed by atoms with Crippen LogP contribution >= 0.6 is 0 Å². The Balaban J connectivity index is 2.27. The summed E-state index contributed by atoms with van der Waals surface area (Å²) in [6, 6.07) is 12.1. The fraction of sp³-hybridized carbons (Fsp3) is 0.200. The third kappa shape index (κ3) is 3.23. The Kier molecular flexibility index (Phi) is 4.20. The monoisotopic (exact) mass is 294 g/mol. The fourth-order valence-corrected chi connectivity index (χ4v) is 3.41. The van der Waals surface area contributed by atoms with Gasteiger partial charge in [-0.2, -0.15) is 0 Å². The second kappa shape index (κ2) is 5.73. The van der Waals surface area contributed by atoms with E-state index in [9.17, 15) is 17.9 Å². The normalized spacial score (nSPS) is 13.2. The highest BCUT2D eigenvalue weighted by molar-refractivity contribution is 7.91. The van der Waals surface area contributed by atoms with Crippen LogP contribution in [-0.4, -0.2) is 19.3 Å². The van der Waals surface area contributed by atoms with Crippen molar-refractivity contribution in [2.24, 2.45) is 0 Å². The van der Waals surface area contributed by atoms with Gasteiger partial charge in [0.05, 0.1) is 11.9 Å². The van der Waals surface area contributed by atoms with Gasteiger partial charge in [0, 0.05) is 0 Å². The van der Waals surface area contributed by atoms with Gasteiger partial charge in [-0.05, 0) is 24.6 Å². The average molecular weight is 294 g/mol. The third-order valence-corrected chi connectivity index (χ3v) is 4.73. The summed E-state index contributed by atoms with van der Waals surface area (Å²) < 4.78 is 37.8. The van der Waals surface area contributed by atoms with E-state index in [1.54, 1.807) is 18.2 Å². The molecular weight excluding hydrogens is 279 g/mol. The Bertz CT molecular complexity index is 711. The topological polar surface area (TPSA) is 54.4 Å². The summed E-state index contributed by atoms with van der Waals surface area (Å²) in [7, 11) is -3.88. The summed E-state index contributed by atoms with van der Waals surface area (Å²) in [5.41, 5.74) is 1.43. The lowest BCUT2D eigenvalue weighted by molar-refractivity contribution is 0.201. The zero-order chi connectivity index (χ0) is 14.8. The Morgan fingerprint density at radius 2 is 1.85 bits per heavy atom. The molecule has 0 saturated carbocycles. The van der Waals surface area contributed by atoms with Crippen LogP contribution in [0.2, 0.25) is 0 Å². The molecule has 3 nitrogen and oxygen atoms in total. The van der Waals surface area contributed by atoms with E-state index in [4.69, 9.17) is 0 Å². The molecule has 5 heteroatoms. The highest BCUT2D eigenvalue weighted by Crippen LogP contribution is 2.22. The smallest absolute Gasteiger partial charge is 0.184 e. The van der Waals surface area contributed by atoms with E-state index in [-0.39, 0.29) is 4.90 Å². The van der Waals surface area contributed by atoms with Crippen LogP contribution in [0.4, 0.5) is 4.39 Å². The third-order valence-electron chi connectivity index (χ3n) is 2.98. The van der Waals surface area contributed by atoms with Crippen molar-refractivity contribution in [1.29, 1.82) is 0 Å². The quantitative estimate of drug-likeness (QED) is 0.943. The maximum Gasteiger partial charge on any atom is 0.184 e. The van der Waals surface area contributed by atoms with E-state index in [0.717, 1.165) is 11.6 Å².